The lowest BCUT2D eigenvalue weighted by molar-refractivity contribution is 0.722. The maximum Gasteiger partial charge on any atom is 0.160 e. The Morgan fingerprint density at radius 2 is 0.886 bits per heavy atom. The van der Waals surface area contributed by atoms with Gasteiger partial charge < -0.3 is 0 Å². The number of fused-ring (bicyclic) bond motifs is 9. The second-order valence-corrected chi connectivity index (χ2v) is 12.4. The molecule has 6 aromatic carbocycles. The maximum absolute atomic E-state index is 5.18. The van der Waals surface area contributed by atoms with Gasteiger partial charge in [-0.1, -0.05) is 145 Å². The summed E-state index contributed by atoms with van der Waals surface area (Å²) >= 11 is 1.87. The third-order valence-electron chi connectivity index (χ3n) is 8.97. The standard InChI is InChI=1S/C41H26N2S/c1-3-13-27(14-4-1)36-26-37(28-15-5-2-6-16-28)43-40(42-36)29-23-24-31-30-17-7-8-18-32(30)41(35(31)25-29)33-19-9-11-21-38(33)44-39-22-12-10-20-34(39)41/h1-26H. The van der Waals surface area contributed by atoms with E-state index in [1.807, 2.05) is 23.9 Å². The predicted octanol–water partition coefficient (Wildman–Crippen LogP) is 10.3. The summed E-state index contributed by atoms with van der Waals surface area (Å²) in [5, 5.41) is 0. The fourth-order valence-corrected chi connectivity index (χ4v) is 8.28. The molecular formula is C41H26N2S. The summed E-state index contributed by atoms with van der Waals surface area (Å²) < 4.78 is 0. The molecule has 0 N–H and O–H groups in total. The highest BCUT2D eigenvalue weighted by molar-refractivity contribution is 7.99. The topological polar surface area (TPSA) is 25.8 Å². The van der Waals surface area contributed by atoms with E-state index in [2.05, 4.69) is 146 Å². The van der Waals surface area contributed by atoms with Crippen LogP contribution in [0.4, 0.5) is 0 Å². The molecule has 2 aliphatic rings. The SMILES string of the molecule is c1ccc(-c2cc(-c3ccccc3)nc(-c3ccc4c(c3)C3(c5ccccc5Sc5ccccc53)c3ccccc3-4)n2)cc1. The zero-order chi connectivity index (χ0) is 29.1. The molecular weight excluding hydrogens is 553 g/mol. The number of benzene rings is 6. The van der Waals surface area contributed by atoms with Gasteiger partial charge in [-0.25, -0.2) is 9.97 Å². The lowest BCUT2D eigenvalue weighted by Crippen LogP contribution is -2.31. The Kier molecular flexibility index (Phi) is 5.69. The number of hydrogen-bond donors (Lipinski definition) is 0. The Morgan fingerprint density at radius 1 is 0.386 bits per heavy atom. The van der Waals surface area contributed by atoms with E-state index >= 15 is 0 Å². The Bertz CT molecular complexity index is 2100. The molecule has 0 amide bonds. The third-order valence-corrected chi connectivity index (χ3v) is 10.1. The monoisotopic (exact) mass is 578 g/mol. The first-order valence-electron chi connectivity index (χ1n) is 14.9. The molecule has 1 aromatic heterocycles. The molecule has 2 heterocycles. The Morgan fingerprint density at radius 3 is 1.50 bits per heavy atom. The van der Waals surface area contributed by atoms with E-state index in [0.29, 0.717) is 0 Å². The molecule has 9 rings (SSSR count). The predicted molar refractivity (Wildman–Crippen MR) is 180 cm³/mol. The first kappa shape index (κ1) is 25.3. The Balaban J connectivity index is 1.33. The third kappa shape index (κ3) is 3.69. The molecule has 0 saturated heterocycles. The van der Waals surface area contributed by atoms with Crippen molar-refractivity contribution in [2.45, 2.75) is 15.2 Å². The first-order chi connectivity index (χ1) is 21.8. The zero-order valence-corrected chi connectivity index (χ0v) is 24.6. The lowest BCUT2D eigenvalue weighted by atomic mass is 9.67. The molecule has 0 saturated carbocycles. The van der Waals surface area contributed by atoms with Gasteiger partial charge in [-0.15, -0.1) is 0 Å². The molecule has 3 heteroatoms. The average molecular weight is 579 g/mol. The molecule has 44 heavy (non-hydrogen) atoms. The van der Waals surface area contributed by atoms with Gasteiger partial charge >= 0.3 is 0 Å². The van der Waals surface area contributed by atoms with Gasteiger partial charge in [-0.2, -0.15) is 0 Å². The molecule has 0 fully saturated rings. The molecule has 7 aromatic rings. The maximum atomic E-state index is 5.18. The normalized spacial score (nSPS) is 13.5. The highest BCUT2D eigenvalue weighted by atomic mass is 32.2. The van der Waals surface area contributed by atoms with Crippen molar-refractivity contribution in [3.05, 3.63) is 180 Å². The van der Waals surface area contributed by atoms with Crippen molar-refractivity contribution in [3.63, 3.8) is 0 Å². The van der Waals surface area contributed by atoms with Crippen molar-refractivity contribution in [1.29, 1.82) is 0 Å². The van der Waals surface area contributed by atoms with Crippen LogP contribution >= 0.6 is 11.8 Å². The molecule has 1 aliphatic heterocycles. The van der Waals surface area contributed by atoms with Crippen LogP contribution in [0, 0.1) is 0 Å². The Hall–Kier alpha value is -5.25. The smallest absolute Gasteiger partial charge is 0.160 e. The van der Waals surface area contributed by atoms with E-state index in [1.54, 1.807) is 0 Å². The van der Waals surface area contributed by atoms with Crippen molar-refractivity contribution in [3.8, 4) is 45.0 Å². The van der Waals surface area contributed by atoms with E-state index < -0.39 is 5.41 Å². The lowest BCUT2D eigenvalue weighted by Gasteiger charge is -2.39. The van der Waals surface area contributed by atoms with Crippen molar-refractivity contribution in [2.75, 3.05) is 0 Å². The summed E-state index contributed by atoms with van der Waals surface area (Å²) in [6.45, 7) is 0. The molecule has 2 nitrogen and oxygen atoms in total. The van der Waals surface area contributed by atoms with Crippen LogP contribution in [0.3, 0.4) is 0 Å². The molecule has 1 aliphatic carbocycles. The summed E-state index contributed by atoms with van der Waals surface area (Å²) in [6, 6.07) is 56.5. The molecule has 206 valence electrons. The molecule has 0 unspecified atom stereocenters. The van der Waals surface area contributed by atoms with Crippen LogP contribution in [0.2, 0.25) is 0 Å². The minimum atomic E-state index is -0.431. The van der Waals surface area contributed by atoms with Crippen LogP contribution in [0.15, 0.2) is 168 Å². The van der Waals surface area contributed by atoms with Gasteiger partial charge in [0, 0.05) is 26.5 Å². The van der Waals surface area contributed by atoms with E-state index in [9.17, 15) is 0 Å². The zero-order valence-electron chi connectivity index (χ0n) is 23.8. The summed E-state index contributed by atoms with van der Waals surface area (Å²) in [5.41, 5.74) is 12.4. The van der Waals surface area contributed by atoms with Crippen LogP contribution in [-0.2, 0) is 5.41 Å². The van der Waals surface area contributed by atoms with Crippen molar-refractivity contribution in [2.24, 2.45) is 0 Å². The molecule has 0 atom stereocenters. The van der Waals surface area contributed by atoms with Crippen molar-refractivity contribution < 1.29 is 0 Å². The molecule has 0 bridgehead atoms. The van der Waals surface area contributed by atoms with Gasteiger partial charge in [0.15, 0.2) is 5.82 Å². The summed E-state index contributed by atoms with van der Waals surface area (Å²) in [5.74, 6) is 0.728. The van der Waals surface area contributed by atoms with Crippen LogP contribution in [-0.4, -0.2) is 9.97 Å². The van der Waals surface area contributed by atoms with Gasteiger partial charge in [-0.05, 0) is 57.6 Å². The second kappa shape index (κ2) is 9.90. The van der Waals surface area contributed by atoms with Gasteiger partial charge in [0.25, 0.3) is 0 Å². The van der Waals surface area contributed by atoms with Gasteiger partial charge in [0.1, 0.15) is 0 Å². The van der Waals surface area contributed by atoms with E-state index in [4.69, 9.17) is 9.97 Å². The van der Waals surface area contributed by atoms with E-state index in [1.165, 1.54) is 43.2 Å². The fourth-order valence-electron chi connectivity index (χ4n) is 7.08. The summed E-state index contributed by atoms with van der Waals surface area (Å²) in [4.78, 5) is 13.0. The fraction of sp³-hybridized carbons (Fsp3) is 0.0244. The molecule has 1 spiro atoms. The van der Waals surface area contributed by atoms with Crippen LogP contribution in [0.1, 0.15) is 22.3 Å². The second-order valence-electron chi connectivity index (χ2n) is 11.3. The van der Waals surface area contributed by atoms with Crippen molar-refractivity contribution in [1.82, 2.24) is 9.97 Å². The quantitative estimate of drug-likeness (QED) is 0.209. The van der Waals surface area contributed by atoms with E-state index in [0.717, 1.165) is 33.9 Å². The largest absolute Gasteiger partial charge is 0.228 e. The number of rotatable bonds is 3. The Labute approximate surface area is 261 Å². The van der Waals surface area contributed by atoms with E-state index in [-0.39, 0.29) is 0 Å². The van der Waals surface area contributed by atoms with Crippen LogP contribution in [0.25, 0.3) is 45.0 Å². The number of aromatic nitrogens is 2. The average Bonchev–Trinajstić information content (AvgIpc) is 3.39. The van der Waals surface area contributed by atoms with Gasteiger partial charge in [0.2, 0.25) is 0 Å². The summed E-state index contributed by atoms with van der Waals surface area (Å²) in [6.07, 6.45) is 0. The highest BCUT2D eigenvalue weighted by Gasteiger charge is 2.50. The van der Waals surface area contributed by atoms with Crippen molar-refractivity contribution >= 4 is 11.8 Å². The summed E-state index contributed by atoms with van der Waals surface area (Å²) in [7, 11) is 0. The van der Waals surface area contributed by atoms with Crippen LogP contribution < -0.4 is 0 Å². The number of hydrogen-bond acceptors (Lipinski definition) is 3. The van der Waals surface area contributed by atoms with Crippen LogP contribution in [0.5, 0.6) is 0 Å². The first-order valence-corrected chi connectivity index (χ1v) is 15.7. The van der Waals surface area contributed by atoms with Gasteiger partial charge in [-0.3, -0.25) is 0 Å². The van der Waals surface area contributed by atoms with Gasteiger partial charge in [0.05, 0.1) is 16.8 Å². The molecule has 0 radical (unpaired) electrons. The number of nitrogens with zero attached hydrogens (tertiary/aromatic N) is 2. The minimum absolute atomic E-state index is 0.431. The highest BCUT2D eigenvalue weighted by Crippen LogP contribution is 2.62. The minimum Gasteiger partial charge on any atom is -0.228 e.